The molecule has 3 nitrogen and oxygen atoms in total. The minimum atomic E-state index is -1.36. The van der Waals surface area contributed by atoms with Gasteiger partial charge in [-0.25, -0.2) is 9.19 Å². The summed E-state index contributed by atoms with van der Waals surface area (Å²) in [6.45, 7) is 0. The Labute approximate surface area is 131 Å². The number of nitriles is 1. The molecule has 4 heteroatoms. The minimum absolute atomic E-state index is 0.520. The number of aromatic nitrogens is 1. The largest absolute Gasteiger partial charge is 0.247 e. The van der Waals surface area contributed by atoms with Crippen molar-refractivity contribution in [2.24, 2.45) is 0 Å². The van der Waals surface area contributed by atoms with E-state index in [2.05, 4.69) is 11.1 Å². The van der Waals surface area contributed by atoms with Gasteiger partial charge in [0.1, 0.15) is 15.8 Å². The van der Waals surface area contributed by atoms with Crippen molar-refractivity contribution in [3.8, 4) is 17.2 Å². The minimum Gasteiger partial charge on any atom is -0.247 e. The zero-order chi connectivity index (χ0) is 15.4. The molecule has 1 heterocycles. The van der Waals surface area contributed by atoms with Crippen LogP contribution in [0.3, 0.4) is 0 Å². The van der Waals surface area contributed by atoms with Crippen LogP contribution in [0.1, 0.15) is 5.56 Å². The van der Waals surface area contributed by atoms with E-state index in [1.165, 1.54) is 0 Å². The van der Waals surface area contributed by atoms with Crippen LogP contribution in [-0.2, 0) is 10.8 Å². The fourth-order valence-electron chi connectivity index (χ4n) is 2.19. The molecule has 0 aliphatic rings. The van der Waals surface area contributed by atoms with Crippen LogP contribution in [0.5, 0.6) is 0 Å². The first-order valence-corrected chi connectivity index (χ1v) is 7.87. The molecule has 3 rings (SSSR count). The number of rotatable bonds is 3. The first-order chi connectivity index (χ1) is 10.8. The predicted octanol–water partition coefficient (Wildman–Crippen LogP) is 3.79. The molecule has 0 saturated heterocycles. The molecular formula is C18H12N2OS. The summed E-state index contributed by atoms with van der Waals surface area (Å²) in [5.74, 6) is 0. The Balaban J connectivity index is 2.11. The lowest BCUT2D eigenvalue weighted by molar-refractivity contribution is 0.680. The van der Waals surface area contributed by atoms with E-state index in [1.54, 1.807) is 30.5 Å². The maximum absolute atomic E-state index is 12.8. The van der Waals surface area contributed by atoms with Crippen molar-refractivity contribution in [2.45, 2.75) is 9.92 Å². The first-order valence-electron chi connectivity index (χ1n) is 6.72. The summed E-state index contributed by atoms with van der Waals surface area (Å²) in [6, 6.07) is 22.3. The zero-order valence-corrected chi connectivity index (χ0v) is 12.5. The summed E-state index contributed by atoms with van der Waals surface area (Å²) in [6.07, 6.45) is 1.63. The van der Waals surface area contributed by atoms with Gasteiger partial charge in [0, 0.05) is 6.20 Å². The van der Waals surface area contributed by atoms with Gasteiger partial charge in [-0.3, -0.25) is 0 Å². The van der Waals surface area contributed by atoms with E-state index in [9.17, 15) is 4.21 Å². The van der Waals surface area contributed by atoms with Crippen molar-refractivity contribution in [3.63, 3.8) is 0 Å². The topological polar surface area (TPSA) is 53.8 Å². The summed E-state index contributed by atoms with van der Waals surface area (Å²) in [4.78, 5) is 4.86. The number of nitrogens with zero attached hydrogens (tertiary/aromatic N) is 2. The Morgan fingerprint density at radius 1 is 0.955 bits per heavy atom. The SMILES string of the molecule is N#Cc1cccc(-c2ccccc2S(=O)c2ccccn2)c1. The number of benzene rings is 2. The molecule has 0 saturated carbocycles. The van der Waals surface area contributed by atoms with Crippen molar-refractivity contribution < 1.29 is 4.21 Å². The van der Waals surface area contributed by atoms with Gasteiger partial charge in [-0.2, -0.15) is 5.26 Å². The van der Waals surface area contributed by atoms with Crippen molar-refractivity contribution >= 4 is 10.8 Å². The highest BCUT2D eigenvalue weighted by Gasteiger charge is 2.14. The van der Waals surface area contributed by atoms with Gasteiger partial charge in [0.15, 0.2) is 0 Å². The third-order valence-electron chi connectivity index (χ3n) is 3.22. The van der Waals surface area contributed by atoms with Crippen molar-refractivity contribution in [1.29, 1.82) is 5.26 Å². The summed E-state index contributed by atoms with van der Waals surface area (Å²) in [5.41, 5.74) is 2.30. The predicted molar refractivity (Wildman–Crippen MR) is 85.5 cm³/mol. The maximum Gasteiger partial charge on any atom is 0.132 e. The van der Waals surface area contributed by atoms with E-state index in [0.717, 1.165) is 11.1 Å². The lowest BCUT2D eigenvalue weighted by Gasteiger charge is -2.09. The van der Waals surface area contributed by atoms with Gasteiger partial charge in [0.05, 0.1) is 16.5 Å². The second-order valence-corrected chi connectivity index (χ2v) is 6.02. The van der Waals surface area contributed by atoms with Crippen LogP contribution < -0.4 is 0 Å². The molecule has 1 atom stereocenters. The lowest BCUT2D eigenvalue weighted by atomic mass is 10.0. The van der Waals surface area contributed by atoms with Crippen molar-refractivity contribution in [1.82, 2.24) is 4.98 Å². The highest BCUT2D eigenvalue weighted by molar-refractivity contribution is 7.85. The van der Waals surface area contributed by atoms with Gasteiger partial charge in [-0.15, -0.1) is 0 Å². The second-order valence-electron chi connectivity index (χ2n) is 4.63. The van der Waals surface area contributed by atoms with Crippen LogP contribution in [0, 0.1) is 11.3 Å². The first kappa shape index (κ1) is 14.2. The highest BCUT2D eigenvalue weighted by atomic mass is 32.2. The van der Waals surface area contributed by atoms with Gasteiger partial charge in [0.2, 0.25) is 0 Å². The van der Waals surface area contributed by atoms with E-state index in [-0.39, 0.29) is 0 Å². The molecule has 2 aromatic carbocycles. The van der Waals surface area contributed by atoms with Gasteiger partial charge >= 0.3 is 0 Å². The average Bonchev–Trinajstić information content (AvgIpc) is 2.62. The normalized spacial score (nSPS) is 11.6. The third-order valence-corrected chi connectivity index (χ3v) is 4.59. The summed E-state index contributed by atoms with van der Waals surface area (Å²) < 4.78 is 12.8. The van der Waals surface area contributed by atoms with Crippen molar-refractivity contribution in [2.75, 3.05) is 0 Å². The molecule has 0 spiro atoms. The molecule has 0 N–H and O–H groups in total. The van der Waals surface area contributed by atoms with Crippen LogP contribution in [0.15, 0.2) is 82.8 Å². The fraction of sp³-hybridized carbons (Fsp3) is 0. The van der Waals surface area contributed by atoms with E-state index in [0.29, 0.717) is 15.5 Å². The van der Waals surface area contributed by atoms with Crippen LogP contribution >= 0.6 is 0 Å². The summed E-state index contributed by atoms with van der Waals surface area (Å²) in [5, 5.41) is 9.57. The van der Waals surface area contributed by atoms with Gasteiger partial charge < -0.3 is 0 Å². The van der Waals surface area contributed by atoms with Gasteiger partial charge in [-0.05, 0) is 41.5 Å². The molecule has 1 unspecified atom stereocenters. The van der Waals surface area contributed by atoms with E-state index in [4.69, 9.17) is 5.26 Å². The molecule has 0 fully saturated rings. The molecule has 22 heavy (non-hydrogen) atoms. The van der Waals surface area contributed by atoms with Crippen molar-refractivity contribution in [3.05, 3.63) is 78.5 Å². The second kappa shape index (κ2) is 6.33. The number of pyridine rings is 1. The smallest absolute Gasteiger partial charge is 0.132 e. The molecule has 0 radical (unpaired) electrons. The van der Waals surface area contributed by atoms with Crippen LogP contribution in [0.2, 0.25) is 0 Å². The quantitative estimate of drug-likeness (QED) is 0.740. The maximum atomic E-state index is 12.8. The number of hydrogen-bond donors (Lipinski definition) is 0. The Morgan fingerprint density at radius 2 is 1.77 bits per heavy atom. The molecule has 1 aromatic heterocycles. The molecule has 0 bridgehead atoms. The highest BCUT2D eigenvalue weighted by Crippen LogP contribution is 2.28. The molecule has 3 aromatic rings. The standard InChI is InChI=1S/C18H12N2OS/c19-13-14-6-5-7-15(12-14)16-8-1-2-9-17(16)22(21)18-10-3-4-11-20-18/h1-12H. The molecular weight excluding hydrogens is 292 g/mol. The molecule has 0 aliphatic carbocycles. The van der Waals surface area contributed by atoms with Crippen LogP contribution in [-0.4, -0.2) is 9.19 Å². The zero-order valence-electron chi connectivity index (χ0n) is 11.6. The number of hydrogen-bond acceptors (Lipinski definition) is 3. The van der Waals surface area contributed by atoms with E-state index in [1.807, 2.05) is 42.5 Å². The van der Waals surface area contributed by atoms with Crippen LogP contribution in [0.4, 0.5) is 0 Å². The van der Waals surface area contributed by atoms with E-state index >= 15 is 0 Å². The van der Waals surface area contributed by atoms with Gasteiger partial charge in [0.25, 0.3) is 0 Å². The van der Waals surface area contributed by atoms with Crippen LogP contribution in [0.25, 0.3) is 11.1 Å². The molecule has 0 aliphatic heterocycles. The van der Waals surface area contributed by atoms with Gasteiger partial charge in [-0.1, -0.05) is 36.4 Å². The Kier molecular flexibility index (Phi) is 4.08. The summed E-state index contributed by atoms with van der Waals surface area (Å²) >= 11 is 0. The van der Waals surface area contributed by atoms with E-state index < -0.39 is 10.8 Å². The lowest BCUT2D eigenvalue weighted by Crippen LogP contribution is -1.98. The monoisotopic (exact) mass is 304 g/mol. The molecule has 106 valence electrons. The Hall–Kier alpha value is -2.77. The summed E-state index contributed by atoms with van der Waals surface area (Å²) in [7, 11) is -1.36. The fourth-order valence-corrected chi connectivity index (χ4v) is 3.36. The molecule has 0 amide bonds. The Bertz CT molecular complexity index is 870. The third kappa shape index (κ3) is 2.80. The average molecular weight is 304 g/mol. The Morgan fingerprint density at radius 3 is 2.55 bits per heavy atom.